The minimum Gasteiger partial charge on any atom is -0.300 e. The summed E-state index contributed by atoms with van der Waals surface area (Å²) in [6, 6.07) is 0.454. The third-order valence-corrected chi connectivity index (χ3v) is 9.08. The SMILES string of the molecule is CC1CCN(C2CCN(S(=O)(=O)C3CCC(C(F)(F)F)CC3)CC2)CC1. The fourth-order valence-electron chi connectivity index (χ4n) is 4.75. The predicted octanol–water partition coefficient (Wildman–Crippen LogP) is 3.63. The van der Waals surface area contributed by atoms with Gasteiger partial charge in [-0.05, 0) is 70.4 Å². The Morgan fingerprint density at radius 2 is 1.35 bits per heavy atom. The van der Waals surface area contributed by atoms with Crippen molar-refractivity contribution in [1.82, 2.24) is 9.21 Å². The van der Waals surface area contributed by atoms with Crippen molar-refractivity contribution in [2.24, 2.45) is 11.8 Å². The molecule has 2 aliphatic heterocycles. The number of hydrogen-bond acceptors (Lipinski definition) is 3. The van der Waals surface area contributed by atoms with Crippen molar-refractivity contribution >= 4 is 10.0 Å². The second-order valence-corrected chi connectivity index (χ2v) is 10.6. The second kappa shape index (κ2) is 7.95. The highest BCUT2D eigenvalue weighted by Crippen LogP contribution is 2.40. The molecule has 0 unspecified atom stereocenters. The van der Waals surface area contributed by atoms with Crippen LogP contribution in [0.2, 0.25) is 0 Å². The molecule has 0 radical (unpaired) electrons. The fraction of sp³-hybridized carbons (Fsp3) is 1.00. The van der Waals surface area contributed by atoms with Crippen LogP contribution in [0.15, 0.2) is 0 Å². The average Bonchev–Trinajstić information content (AvgIpc) is 2.62. The molecule has 0 aromatic heterocycles. The molecule has 3 fully saturated rings. The van der Waals surface area contributed by atoms with Crippen molar-refractivity contribution in [2.75, 3.05) is 26.2 Å². The summed E-state index contributed by atoms with van der Waals surface area (Å²) in [7, 11) is -3.47. The molecule has 0 aromatic rings. The highest BCUT2D eigenvalue weighted by molar-refractivity contribution is 7.89. The van der Waals surface area contributed by atoms with Crippen LogP contribution in [0.5, 0.6) is 0 Å². The van der Waals surface area contributed by atoms with Crippen LogP contribution in [0.4, 0.5) is 13.2 Å². The minimum absolute atomic E-state index is 0.0597. The molecular weight excluding hydrogens is 365 g/mol. The van der Waals surface area contributed by atoms with E-state index in [2.05, 4.69) is 11.8 Å². The molecule has 0 spiro atoms. The normalized spacial score (nSPS) is 32.0. The zero-order valence-corrected chi connectivity index (χ0v) is 16.4. The first-order chi connectivity index (χ1) is 12.2. The van der Waals surface area contributed by atoms with Gasteiger partial charge < -0.3 is 4.90 Å². The standard InChI is InChI=1S/C18H31F3N2O2S/c1-14-6-10-22(11-7-14)16-8-12-23(13-9-16)26(24,25)17-4-2-15(3-5-17)18(19,20)21/h14-17H,2-13H2,1H3. The topological polar surface area (TPSA) is 40.6 Å². The summed E-state index contributed by atoms with van der Waals surface area (Å²) in [6.07, 6.45) is 0.0521. The summed E-state index contributed by atoms with van der Waals surface area (Å²) in [5.74, 6) is -0.556. The van der Waals surface area contributed by atoms with E-state index in [0.717, 1.165) is 31.8 Å². The Kier molecular flexibility index (Phi) is 6.24. The molecule has 152 valence electrons. The third kappa shape index (κ3) is 4.55. The van der Waals surface area contributed by atoms with Gasteiger partial charge in [0.05, 0.1) is 11.2 Å². The Bertz CT molecular complexity index is 557. The van der Waals surface area contributed by atoms with Crippen LogP contribution < -0.4 is 0 Å². The number of rotatable bonds is 3. The lowest BCUT2D eigenvalue weighted by atomic mass is 9.88. The molecule has 0 amide bonds. The molecule has 3 rings (SSSR count). The zero-order chi connectivity index (χ0) is 18.9. The number of nitrogens with zero attached hydrogens (tertiary/aromatic N) is 2. The number of hydrogen-bond donors (Lipinski definition) is 0. The molecule has 8 heteroatoms. The lowest BCUT2D eigenvalue weighted by molar-refractivity contribution is -0.181. The van der Waals surface area contributed by atoms with E-state index in [-0.39, 0.29) is 25.7 Å². The van der Waals surface area contributed by atoms with Gasteiger partial charge in [-0.15, -0.1) is 0 Å². The highest BCUT2D eigenvalue weighted by atomic mass is 32.2. The van der Waals surface area contributed by atoms with Crippen molar-refractivity contribution < 1.29 is 21.6 Å². The predicted molar refractivity (Wildman–Crippen MR) is 95.3 cm³/mol. The number of alkyl halides is 3. The first-order valence-electron chi connectivity index (χ1n) is 9.97. The van der Waals surface area contributed by atoms with E-state index in [1.54, 1.807) is 4.31 Å². The van der Waals surface area contributed by atoms with Crippen LogP contribution in [0.25, 0.3) is 0 Å². The van der Waals surface area contributed by atoms with Gasteiger partial charge in [-0.2, -0.15) is 13.2 Å². The van der Waals surface area contributed by atoms with Gasteiger partial charge in [-0.3, -0.25) is 0 Å². The van der Waals surface area contributed by atoms with Crippen LogP contribution in [0, 0.1) is 11.8 Å². The monoisotopic (exact) mass is 396 g/mol. The van der Waals surface area contributed by atoms with Gasteiger partial charge in [-0.25, -0.2) is 12.7 Å². The Morgan fingerprint density at radius 3 is 1.85 bits per heavy atom. The largest absolute Gasteiger partial charge is 0.391 e. The molecule has 0 bridgehead atoms. The molecule has 2 heterocycles. The molecule has 26 heavy (non-hydrogen) atoms. The van der Waals surface area contributed by atoms with E-state index in [0.29, 0.717) is 19.1 Å². The van der Waals surface area contributed by atoms with Crippen LogP contribution in [-0.4, -0.2) is 61.3 Å². The van der Waals surface area contributed by atoms with Gasteiger partial charge in [0.25, 0.3) is 0 Å². The van der Waals surface area contributed by atoms with Crippen LogP contribution in [0.1, 0.15) is 58.3 Å². The maximum atomic E-state index is 12.9. The van der Waals surface area contributed by atoms with Gasteiger partial charge in [0, 0.05) is 19.1 Å². The van der Waals surface area contributed by atoms with Crippen LogP contribution in [0.3, 0.4) is 0 Å². The number of piperidine rings is 2. The summed E-state index contributed by atoms with van der Waals surface area (Å²) in [4.78, 5) is 2.50. The zero-order valence-electron chi connectivity index (χ0n) is 15.5. The van der Waals surface area contributed by atoms with Gasteiger partial charge in [0.1, 0.15) is 0 Å². The first-order valence-corrected chi connectivity index (χ1v) is 11.5. The molecule has 0 atom stereocenters. The quantitative estimate of drug-likeness (QED) is 0.731. The summed E-state index contributed by atoms with van der Waals surface area (Å²) in [5, 5.41) is -0.631. The molecule has 4 nitrogen and oxygen atoms in total. The number of sulfonamides is 1. The van der Waals surface area contributed by atoms with Crippen LogP contribution in [-0.2, 0) is 10.0 Å². The lowest BCUT2D eigenvalue weighted by Crippen LogP contribution is -2.51. The average molecular weight is 397 g/mol. The van der Waals surface area contributed by atoms with Gasteiger partial charge in [-0.1, -0.05) is 6.92 Å². The van der Waals surface area contributed by atoms with Crippen molar-refractivity contribution in [1.29, 1.82) is 0 Å². The van der Waals surface area contributed by atoms with Crippen molar-refractivity contribution in [2.45, 2.75) is 75.8 Å². The van der Waals surface area contributed by atoms with E-state index in [4.69, 9.17) is 0 Å². The summed E-state index contributed by atoms with van der Waals surface area (Å²) < 4.78 is 65.7. The Balaban J connectivity index is 1.50. The molecule has 2 saturated heterocycles. The molecule has 1 saturated carbocycles. The third-order valence-electron chi connectivity index (χ3n) is 6.68. The number of halogens is 3. The van der Waals surface area contributed by atoms with Crippen LogP contribution >= 0.6 is 0 Å². The highest BCUT2D eigenvalue weighted by Gasteiger charge is 2.45. The number of likely N-dealkylation sites (tertiary alicyclic amines) is 1. The van der Waals surface area contributed by atoms with Gasteiger partial charge in [0.2, 0.25) is 10.0 Å². The maximum absolute atomic E-state index is 12.9. The van der Waals surface area contributed by atoms with Gasteiger partial charge >= 0.3 is 6.18 Å². The van der Waals surface area contributed by atoms with Crippen molar-refractivity contribution in [3.8, 4) is 0 Å². The molecular formula is C18H31F3N2O2S. The second-order valence-electron chi connectivity index (χ2n) is 8.41. The molecule has 1 aliphatic carbocycles. The Labute approximate surface area is 155 Å². The maximum Gasteiger partial charge on any atom is 0.391 e. The summed E-state index contributed by atoms with van der Waals surface area (Å²) in [5.41, 5.74) is 0. The Hall–Kier alpha value is -0.340. The molecule has 3 aliphatic rings. The molecule has 0 N–H and O–H groups in total. The minimum atomic E-state index is -4.20. The molecule has 0 aromatic carbocycles. The Morgan fingerprint density at radius 1 is 0.808 bits per heavy atom. The van der Waals surface area contributed by atoms with Gasteiger partial charge in [0.15, 0.2) is 0 Å². The first kappa shape index (κ1) is 20.4. The van der Waals surface area contributed by atoms with E-state index in [9.17, 15) is 21.6 Å². The summed E-state index contributed by atoms with van der Waals surface area (Å²) >= 11 is 0. The van der Waals surface area contributed by atoms with E-state index < -0.39 is 27.4 Å². The van der Waals surface area contributed by atoms with Crippen molar-refractivity contribution in [3.63, 3.8) is 0 Å². The van der Waals surface area contributed by atoms with Crippen molar-refractivity contribution in [3.05, 3.63) is 0 Å². The summed E-state index contributed by atoms with van der Waals surface area (Å²) in [6.45, 7) is 5.50. The van der Waals surface area contributed by atoms with E-state index in [1.165, 1.54) is 12.8 Å². The smallest absolute Gasteiger partial charge is 0.300 e. The fourth-order valence-corrected chi connectivity index (χ4v) is 6.76. The van der Waals surface area contributed by atoms with E-state index >= 15 is 0 Å². The lowest BCUT2D eigenvalue weighted by Gasteiger charge is -2.42. The van der Waals surface area contributed by atoms with E-state index in [1.807, 2.05) is 0 Å².